The lowest BCUT2D eigenvalue weighted by Gasteiger charge is -2.28. The van der Waals surface area contributed by atoms with Gasteiger partial charge in [0.2, 0.25) is 0 Å². The molecule has 5 nitrogen and oxygen atoms in total. The van der Waals surface area contributed by atoms with Crippen molar-refractivity contribution in [2.75, 3.05) is 13.2 Å². The van der Waals surface area contributed by atoms with E-state index >= 15 is 0 Å². The first-order valence-electron chi connectivity index (χ1n) is 7.25. The highest BCUT2D eigenvalue weighted by molar-refractivity contribution is 5.81. The molecule has 5 heteroatoms. The lowest BCUT2D eigenvalue weighted by atomic mass is 10.0. The van der Waals surface area contributed by atoms with E-state index in [4.69, 9.17) is 4.74 Å². The first kappa shape index (κ1) is 13.5. The summed E-state index contributed by atoms with van der Waals surface area (Å²) in [6, 6.07) is 3.70. The van der Waals surface area contributed by atoms with Crippen LogP contribution in [0.1, 0.15) is 24.8 Å². The molecule has 3 rings (SSSR count). The zero-order valence-electron chi connectivity index (χ0n) is 11.4. The summed E-state index contributed by atoms with van der Waals surface area (Å²) in [6.07, 6.45) is 5.78. The number of aromatic nitrogens is 1. The van der Waals surface area contributed by atoms with Gasteiger partial charge < -0.3 is 14.7 Å². The molecule has 0 aliphatic carbocycles. The topological polar surface area (TPSA) is 62.7 Å². The standard InChI is InChI=1S/C15H20N2O3/c18-13-5-7-17(15(19)14-4-2-8-20-14)12(13)9-11-3-1-6-16-10-11/h1,3,6,10,12-14,18H,2,4-5,7-9H2/t12-,13-,14+/m0/s1. The molecule has 1 aromatic heterocycles. The number of ether oxygens (including phenoxy) is 1. The summed E-state index contributed by atoms with van der Waals surface area (Å²) in [4.78, 5) is 18.4. The summed E-state index contributed by atoms with van der Waals surface area (Å²) in [5, 5.41) is 10.2. The fourth-order valence-electron chi connectivity index (χ4n) is 3.07. The van der Waals surface area contributed by atoms with E-state index in [0.29, 0.717) is 26.0 Å². The maximum atomic E-state index is 12.5. The van der Waals surface area contributed by atoms with Crippen LogP contribution < -0.4 is 0 Å². The molecule has 108 valence electrons. The summed E-state index contributed by atoms with van der Waals surface area (Å²) in [5.41, 5.74) is 1.04. The molecule has 3 heterocycles. The van der Waals surface area contributed by atoms with Crippen LogP contribution in [0.25, 0.3) is 0 Å². The Kier molecular flexibility index (Phi) is 3.98. The highest BCUT2D eigenvalue weighted by atomic mass is 16.5. The second-order valence-electron chi connectivity index (χ2n) is 5.52. The van der Waals surface area contributed by atoms with Gasteiger partial charge in [-0.25, -0.2) is 0 Å². The lowest BCUT2D eigenvalue weighted by molar-refractivity contribution is -0.142. The summed E-state index contributed by atoms with van der Waals surface area (Å²) in [7, 11) is 0. The van der Waals surface area contributed by atoms with Crippen LogP contribution in [0, 0.1) is 0 Å². The molecular formula is C15H20N2O3. The van der Waals surface area contributed by atoms with E-state index in [1.54, 1.807) is 17.3 Å². The minimum Gasteiger partial charge on any atom is -0.391 e. The van der Waals surface area contributed by atoms with Crippen molar-refractivity contribution in [2.24, 2.45) is 0 Å². The minimum absolute atomic E-state index is 0.0351. The molecule has 0 bridgehead atoms. The van der Waals surface area contributed by atoms with Gasteiger partial charge in [0.15, 0.2) is 0 Å². The van der Waals surface area contributed by atoms with Gasteiger partial charge in [-0.15, -0.1) is 0 Å². The first-order valence-corrected chi connectivity index (χ1v) is 7.25. The van der Waals surface area contributed by atoms with Crippen LogP contribution >= 0.6 is 0 Å². The van der Waals surface area contributed by atoms with Crippen molar-refractivity contribution in [1.82, 2.24) is 9.88 Å². The molecule has 2 saturated heterocycles. The van der Waals surface area contributed by atoms with E-state index in [2.05, 4.69) is 4.98 Å². The van der Waals surface area contributed by atoms with Crippen molar-refractivity contribution in [2.45, 2.75) is 43.9 Å². The predicted octanol–water partition coefficient (Wildman–Crippen LogP) is 0.765. The van der Waals surface area contributed by atoms with Gasteiger partial charge in [0.25, 0.3) is 5.91 Å². The van der Waals surface area contributed by atoms with Crippen LogP contribution in [0.4, 0.5) is 0 Å². The van der Waals surface area contributed by atoms with E-state index in [1.165, 1.54) is 0 Å². The number of hydrogen-bond acceptors (Lipinski definition) is 4. The van der Waals surface area contributed by atoms with Crippen LogP contribution in [0.3, 0.4) is 0 Å². The average molecular weight is 276 g/mol. The van der Waals surface area contributed by atoms with Gasteiger partial charge in [-0.05, 0) is 37.3 Å². The van der Waals surface area contributed by atoms with Crippen LogP contribution in [-0.2, 0) is 16.0 Å². The molecule has 0 saturated carbocycles. The average Bonchev–Trinajstić information content (AvgIpc) is 3.11. The number of carbonyl (C=O) groups excluding carboxylic acids is 1. The van der Waals surface area contributed by atoms with Gasteiger partial charge in [0.05, 0.1) is 12.1 Å². The largest absolute Gasteiger partial charge is 0.391 e. The van der Waals surface area contributed by atoms with Crippen LogP contribution in [0.2, 0.25) is 0 Å². The fraction of sp³-hybridized carbons (Fsp3) is 0.600. The number of rotatable bonds is 3. The number of nitrogens with zero attached hydrogens (tertiary/aromatic N) is 2. The van der Waals surface area contributed by atoms with Gasteiger partial charge in [0, 0.05) is 25.5 Å². The Hall–Kier alpha value is -1.46. The Labute approximate surface area is 118 Å². The zero-order valence-corrected chi connectivity index (χ0v) is 11.4. The van der Waals surface area contributed by atoms with Crippen LogP contribution in [0.15, 0.2) is 24.5 Å². The van der Waals surface area contributed by atoms with Crippen molar-refractivity contribution in [3.05, 3.63) is 30.1 Å². The molecular weight excluding hydrogens is 256 g/mol. The Balaban J connectivity index is 1.71. The van der Waals surface area contributed by atoms with Crippen molar-refractivity contribution < 1.29 is 14.6 Å². The van der Waals surface area contributed by atoms with Crippen molar-refractivity contribution in [1.29, 1.82) is 0 Å². The number of amides is 1. The molecule has 2 aliphatic rings. The van der Waals surface area contributed by atoms with Gasteiger partial charge in [-0.1, -0.05) is 6.07 Å². The van der Waals surface area contributed by atoms with E-state index < -0.39 is 6.10 Å². The normalized spacial score (nSPS) is 29.9. The number of carbonyl (C=O) groups is 1. The molecule has 20 heavy (non-hydrogen) atoms. The summed E-state index contributed by atoms with van der Waals surface area (Å²) in [6.45, 7) is 1.28. The quantitative estimate of drug-likeness (QED) is 0.885. The Morgan fingerprint density at radius 1 is 1.50 bits per heavy atom. The first-order chi connectivity index (χ1) is 9.75. The summed E-state index contributed by atoms with van der Waals surface area (Å²) in [5.74, 6) is 0.0351. The molecule has 3 atom stereocenters. The fourth-order valence-corrected chi connectivity index (χ4v) is 3.07. The van der Waals surface area contributed by atoms with Crippen LogP contribution in [0.5, 0.6) is 0 Å². The monoisotopic (exact) mass is 276 g/mol. The Morgan fingerprint density at radius 2 is 2.40 bits per heavy atom. The van der Waals surface area contributed by atoms with E-state index in [9.17, 15) is 9.90 Å². The van der Waals surface area contributed by atoms with Gasteiger partial charge in [-0.3, -0.25) is 9.78 Å². The molecule has 1 aromatic rings. The lowest BCUT2D eigenvalue weighted by Crippen LogP contribution is -2.45. The van der Waals surface area contributed by atoms with Crippen molar-refractivity contribution >= 4 is 5.91 Å². The second kappa shape index (κ2) is 5.89. The number of aliphatic hydroxyl groups is 1. The van der Waals surface area contributed by atoms with Crippen LogP contribution in [-0.4, -0.2) is 52.3 Å². The summed E-state index contributed by atoms with van der Waals surface area (Å²) < 4.78 is 5.48. The smallest absolute Gasteiger partial charge is 0.252 e. The van der Waals surface area contributed by atoms with E-state index in [0.717, 1.165) is 18.4 Å². The molecule has 0 radical (unpaired) electrons. The Bertz CT molecular complexity index is 459. The molecule has 0 unspecified atom stereocenters. The molecule has 0 spiro atoms. The zero-order chi connectivity index (χ0) is 13.9. The maximum Gasteiger partial charge on any atom is 0.252 e. The third-order valence-corrected chi connectivity index (χ3v) is 4.17. The number of hydrogen-bond donors (Lipinski definition) is 1. The number of aliphatic hydroxyl groups excluding tert-OH is 1. The SMILES string of the molecule is O=C([C@H]1CCCO1)N1CC[C@H](O)[C@@H]1Cc1cccnc1. The molecule has 2 fully saturated rings. The van der Waals surface area contributed by atoms with Crippen molar-refractivity contribution in [3.8, 4) is 0 Å². The third-order valence-electron chi connectivity index (χ3n) is 4.17. The number of pyridine rings is 1. The Morgan fingerprint density at radius 3 is 3.10 bits per heavy atom. The van der Waals surface area contributed by atoms with Crippen molar-refractivity contribution in [3.63, 3.8) is 0 Å². The van der Waals surface area contributed by atoms with Gasteiger partial charge >= 0.3 is 0 Å². The van der Waals surface area contributed by atoms with E-state index in [1.807, 2.05) is 12.1 Å². The number of likely N-dealkylation sites (tertiary alicyclic amines) is 1. The van der Waals surface area contributed by atoms with Gasteiger partial charge in [0.1, 0.15) is 6.10 Å². The molecule has 1 N–H and O–H groups in total. The van der Waals surface area contributed by atoms with E-state index in [-0.39, 0.29) is 18.1 Å². The highest BCUT2D eigenvalue weighted by Crippen LogP contribution is 2.25. The maximum absolute atomic E-state index is 12.5. The summed E-state index contributed by atoms with van der Waals surface area (Å²) >= 11 is 0. The third kappa shape index (κ3) is 2.69. The highest BCUT2D eigenvalue weighted by Gasteiger charge is 2.39. The second-order valence-corrected chi connectivity index (χ2v) is 5.52. The molecule has 1 amide bonds. The molecule has 0 aromatic carbocycles. The predicted molar refractivity (Wildman–Crippen MR) is 73.0 cm³/mol. The minimum atomic E-state index is -0.458. The van der Waals surface area contributed by atoms with Gasteiger partial charge in [-0.2, -0.15) is 0 Å². The molecule has 2 aliphatic heterocycles.